The molecule has 0 amide bonds. The van der Waals surface area contributed by atoms with Crippen LogP contribution in [0.1, 0.15) is 16.5 Å². The molecule has 13 heavy (non-hydrogen) atoms. The lowest BCUT2D eigenvalue weighted by molar-refractivity contribution is -0.148. The van der Waals surface area contributed by atoms with Crippen molar-refractivity contribution in [2.75, 3.05) is 0 Å². The molecule has 1 atom stereocenters. The molecule has 1 unspecified atom stereocenters. The fourth-order valence-electron chi connectivity index (χ4n) is 0.798. The predicted molar refractivity (Wildman–Crippen MR) is 47.0 cm³/mol. The van der Waals surface area contributed by atoms with Gasteiger partial charge >= 0.3 is 6.18 Å². The molecule has 0 aliphatic carbocycles. The number of hydrogen-bond acceptors (Lipinski definition) is 2. The van der Waals surface area contributed by atoms with E-state index in [1.807, 2.05) is 0 Å². The average Bonchev–Trinajstić information content (AvgIpc) is 2.29. The molecule has 0 bridgehead atoms. The van der Waals surface area contributed by atoms with Gasteiger partial charge in [0.1, 0.15) is 6.04 Å². The van der Waals surface area contributed by atoms with Crippen LogP contribution in [0.5, 0.6) is 0 Å². The van der Waals surface area contributed by atoms with Crippen molar-refractivity contribution >= 4 is 22.9 Å². The summed E-state index contributed by atoms with van der Waals surface area (Å²) in [6.07, 6.45) is -4.40. The number of alkyl halides is 3. The Kier molecular flexibility index (Phi) is 2.89. The number of hydrogen-bond donors (Lipinski definition) is 1. The monoisotopic (exact) mass is 229 g/mol. The van der Waals surface area contributed by atoms with Crippen LogP contribution < -0.4 is 5.73 Å². The van der Waals surface area contributed by atoms with Gasteiger partial charge in [-0.25, -0.2) is 0 Å². The third-order valence-corrected chi connectivity index (χ3v) is 3.17. The molecule has 0 saturated carbocycles. The molecule has 0 fully saturated rings. The summed E-state index contributed by atoms with van der Waals surface area (Å²) in [5.41, 5.74) is 5.61. The summed E-state index contributed by atoms with van der Waals surface area (Å²) in [6.45, 7) is 1.64. The lowest BCUT2D eigenvalue weighted by atomic mass is 10.2. The second-order valence-corrected chi connectivity index (χ2v) is 4.31. The van der Waals surface area contributed by atoms with Gasteiger partial charge in [0.05, 0.1) is 4.34 Å². The van der Waals surface area contributed by atoms with Crippen LogP contribution in [-0.2, 0) is 0 Å². The van der Waals surface area contributed by atoms with Crippen molar-refractivity contribution in [2.24, 2.45) is 5.73 Å². The van der Waals surface area contributed by atoms with E-state index in [1.165, 1.54) is 6.07 Å². The molecule has 1 aromatic rings. The first-order valence-corrected chi connectivity index (χ1v) is 4.60. The Labute approximate surface area is 82.3 Å². The smallest absolute Gasteiger partial charge is 0.316 e. The lowest BCUT2D eigenvalue weighted by Gasteiger charge is -2.12. The van der Waals surface area contributed by atoms with E-state index >= 15 is 0 Å². The summed E-state index contributed by atoms with van der Waals surface area (Å²) < 4.78 is 36.7. The normalized spacial score (nSPS) is 14.6. The first kappa shape index (κ1) is 10.8. The minimum Gasteiger partial charge on any atom is -0.316 e. The van der Waals surface area contributed by atoms with Crippen LogP contribution in [0.25, 0.3) is 0 Å². The highest BCUT2D eigenvalue weighted by Gasteiger charge is 2.38. The van der Waals surface area contributed by atoms with Crippen LogP contribution in [0.3, 0.4) is 0 Å². The van der Waals surface area contributed by atoms with E-state index < -0.39 is 12.2 Å². The maximum Gasteiger partial charge on any atom is 0.408 e. The van der Waals surface area contributed by atoms with Gasteiger partial charge in [0.25, 0.3) is 0 Å². The molecule has 1 rings (SSSR count). The molecule has 0 aliphatic heterocycles. The molecule has 2 N–H and O–H groups in total. The maximum absolute atomic E-state index is 12.1. The van der Waals surface area contributed by atoms with Gasteiger partial charge in [0.15, 0.2) is 0 Å². The van der Waals surface area contributed by atoms with Crippen molar-refractivity contribution in [1.29, 1.82) is 0 Å². The number of thiophene rings is 1. The minimum atomic E-state index is -4.40. The quantitative estimate of drug-likeness (QED) is 0.786. The molecule has 6 heteroatoms. The summed E-state index contributed by atoms with van der Waals surface area (Å²) in [5.74, 6) is 0. The van der Waals surface area contributed by atoms with E-state index in [2.05, 4.69) is 0 Å². The minimum absolute atomic E-state index is 0.0509. The van der Waals surface area contributed by atoms with Crippen LogP contribution >= 0.6 is 22.9 Å². The highest BCUT2D eigenvalue weighted by atomic mass is 35.5. The van der Waals surface area contributed by atoms with Crippen LogP contribution in [0, 0.1) is 6.92 Å². The van der Waals surface area contributed by atoms with Crippen LogP contribution in [0.15, 0.2) is 6.07 Å². The molecule has 0 spiro atoms. The molecule has 1 aromatic heterocycles. The molecule has 0 aromatic carbocycles. The van der Waals surface area contributed by atoms with Gasteiger partial charge in [0, 0.05) is 4.88 Å². The Morgan fingerprint density at radius 1 is 1.54 bits per heavy atom. The Bertz CT molecular complexity index is 288. The van der Waals surface area contributed by atoms with Crippen molar-refractivity contribution in [3.05, 3.63) is 20.8 Å². The summed E-state index contributed by atoms with van der Waals surface area (Å²) in [6, 6.07) is -0.561. The van der Waals surface area contributed by atoms with Crippen molar-refractivity contribution in [2.45, 2.75) is 19.1 Å². The molecular weight excluding hydrogens is 223 g/mol. The fourth-order valence-corrected chi connectivity index (χ4v) is 2.04. The number of halogens is 4. The Morgan fingerprint density at radius 2 is 2.08 bits per heavy atom. The van der Waals surface area contributed by atoms with Gasteiger partial charge in [-0.3, -0.25) is 0 Å². The van der Waals surface area contributed by atoms with E-state index in [9.17, 15) is 13.2 Å². The Balaban J connectivity index is 2.96. The molecule has 1 heterocycles. The van der Waals surface area contributed by atoms with Crippen LogP contribution in [0.4, 0.5) is 13.2 Å². The van der Waals surface area contributed by atoms with Crippen LogP contribution in [0.2, 0.25) is 4.34 Å². The van der Waals surface area contributed by atoms with E-state index in [-0.39, 0.29) is 4.88 Å². The highest BCUT2D eigenvalue weighted by molar-refractivity contribution is 7.16. The number of nitrogens with two attached hydrogens (primary N) is 1. The van der Waals surface area contributed by atoms with Crippen molar-refractivity contribution < 1.29 is 13.2 Å². The molecule has 0 saturated heterocycles. The second-order valence-electron chi connectivity index (χ2n) is 2.62. The molecule has 0 radical (unpaired) electrons. The Morgan fingerprint density at radius 3 is 2.38 bits per heavy atom. The first-order valence-electron chi connectivity index (χ1n) is 3.40. The fraction of sp³-hybridized carbons (Fsp3) is 0.429. The van der Waals surface area contributed by atoms with E-state index in [0.29, 0.717) is 9.90 Å². The summed E-state index contributed by atoms with van der Waals surface area (Å²) >= 11 is 6.49. The second kappa shape index (κ2) is 3.48. The third-order valence-electron chi connectivity index (χ3n) is 1.54. The van der Waals surface area contributed by atoms with Crippen molar-refractivity contribution in [3.63, 3.8) is 0 Å². The van der Waals surface area contributed by atoms with Crippen molar-refractivity contribution in [1.82, 2.24) is 0 Å². The van der Waals surface area contributed by atoms with Gasteiger partial charge < -0.3 is 5.73 Å². The zero-order valence-electron chi connectivity index (χ0n) is 6.65. The first-order chi connectivity index (χ1) is 5.82. The highest BCUT2D eigenvalue weighted by Crippen LogP contribution is 2.37. The average molecular weight is 230 g/mol. The molecule has 1 nitrogen and oxygen atoms in total. The van der Waals surface area contributed by atoms with Gasteiger partial charge in [0.2, 0.25) is 0 Å². The van der Waals surface area contributed by atoms with Crippen molar-refractivity contribution in [3.8, 4) is 0 Å². The van der Waals surface area contributed by atoms with Gasteiger partial charge in [-0.1, -0.05) is 11.6 Å². The van der Waals surface area contributed by atoms with Gasteiger partial charge in [-0.05, 0) is 18.6 Å². The summed E-state index contributed by atoms with van der Waals surface area (Å²) in [7, 11) is 0. The molecule has 0 aliphatic rings. The molecule has 74 valence electrons. The van der Waals surface area contributed by atoms with Crippen LogP contribution in [-0.4, -0.2) is 6.18 Å². The summed E-state index contributed by atoms with van der Waals surface area (Å²) in [4.78, 5) is 0.0509. The zero-order chi connectivity index (χ0) is 10.2. The summed E-state index contributed by atoms with van der Waals surface area (Å²) in [5, 5.41) is 0. The molecular formula is C7H7ClF3NS. The third kappa shape index (κ3) is 2.36. The topological polar surface area (TPSA) is 26.0 Å². The maximum atomic E-state index is 12.1. The largest absolute Gasteiger partial charge is 0.408 e. The predicted octanol–water partition coefficient (Wildman–Crippen LogP) is 3.27. The van der Waals surface area contributed by atoms with E-state index in [4.69, 9.17) is 17.3 Å². The Hall–Kier alpha value is -0.260. The zero-order valence-corrected chi connectivity index (χ0v) is 8.22. The van der Waals surface area contributed by atoms with E-state index in [0.717, 1.165) is 11.3 Å². The van der Waals surface area contributed by atoms with Gasteiger partial charge in [-0.15, -0.1) is 11.3 Å². The van der Waals surface area contributed by atoms with E-state index in [1.54, 1.807) is 6.92 Å². The standard InChI is InChI=1S/C7H7ClF3NS/c1-3-2-4(13-6(3)8)5(12)7(9,10)11/h2,5H,12H2,1H3. The van der Waals surface area contributed by atoms with Gasteiger partial charge in [-0.2, -0.15) is 13.2 Å². The number of aryl methyl sites for hydroxylation is 1. The lowest BCUT2D eigenvalue weighted by Crippen LogP contribution is -2.27. The number of rotatable bonds is 1. The SMILES string of the molecule is Cc1cc(C(N)C(F)(F)F)sc1Cl.